The van der Waals surface area contributed by atoms with Crippen LogP contribution in [0.5, 0.6) is 5.88 Å². The fraction of sp³-hybridized carbons (Fsp3) is 0.200. The zero-order chi connectivity index (χ0) is 15.4. The number of hydrogen-bond acceptors (Lipinski definition) is 6. The molecule has 1 N–H and O–H groups in total. The van der Waals surface area contributed by atoms with Crippen LogP contribution in [0, 0.1) is 10.1 Å². The molecule has 2 aromatic rings. The van der Waals surface area contributed by atoms with Crippen molar-refractivity contribution >= 4 is 11.5 Å². The average molecular weight is 298 g/mol. The summed E-state index contributed by atoms with van der Waals surface area (Å²) in [7, 11) is 0. The number of rotatable bonds is 5. The highest BCUT2D eigenvalue weighted by molar-refractivity contribution is 6.01. The van der Waals surface area contributed by atoms with Crippen LogP contribution in [0.4, 0.5) is 5.69 Å². The Morgan fingerprint density at radius 2 is 2.23 bits per heavy atom. The number of aromatic nitrogens is 1. The molecule has 1 aliphatic heterocycles. The van der Waals surface area contributed by atoms with Crippen LogP contribution in [-0.4, -0.2) is 28.8 Å². The summed E-state index contributed by atoms with van der Waals surface area (Å²) in [5.41, 5.74) is 1.56. The Bertz CT molecular complexity index is 730. The maximum absolute atomic E-state index is 10.8. The second-order valence-corrected chi connectivity index (χ2v) is 4.73. The third-order valence-corrected chi connectivity index (χ3v) is 3.20. The lowest BCUT2D eigenvalue weighted by atomic mass is 10.2. The maximum atomic E-state index is 10.8. The Hall–Kier alpha value is -2.96. The van der Waals surface area contributed by atoms with Gasteiger partial charge in [0.2, 0.25) is 5.88 Å². The summed E-state index contributed by atoms with van der Waals surface area (Å²) < 4.78 is 5.72. The van der Waals surface area contributed by atoms with E-state index in [-0.39, 0.29) is 12.3 Å². The summed E-state index contributed by atoms with van der Waals surface area (Å²) in [5, 5.41) is 14.0. The lowest BCUT2D eigenvalue weighted by Gasteiger charge is -2.10. The van der Waals surface area contributed by atoms with Gasteiger partial charge in [0.1, 0.15) is 12.4 Å². The van der Waals surface area contributed by atoms with E-state index in [1.54, 1.807) is 18.3 Å². The number of nitro groups is 1. The first kappa shape index (κ1) is 14.0. The van der Waals surface area contributed by atoms with Gasteiger partial charge in [0.15, 0.2) is 0 Å². The smallest absolute Gasteiger partial charge is 0.269 e. The molecule has 3 rings (SSSR count). The molecule has 0 unspecified atom stereocenters. The number of ether oxygens (including phenoxy) is 1. The molecule has 0 bridgehead atoms. The highest BCUT2D eigenvalue weighted by atomic mass is 16.6. The number of benzene rings is 1. The van der Waals surface area contributed by atoms with E-state index in [0.717, 1.165) is 24.5 Å². The third kappa shape index (κ3) is 3.03. The number of non-ortho nitro benzene ring substituents is 1. The highest BCUT2D eigenvalue weighted by Gasteiger charge is 2.14. The quantitative estimate of drug-likeness (QED) is 0.673. The number of amidine groups is 1. The van der Waals surface area contributed by atoms with Gasteiger partial charge >= 0.3 is 0 Å². The predicted molar refractivity (Wildman–Crippen MR) is 81.1 cm³/mol. The molecule has 7 heteroatoms. The SMILES string of the molecule is O=[N+]([O-])c1cccc(COc2ncccc2C2=NCCN2)c1. The van der Waals surface area contributed by atoms with E-state index in [2.05, 4.69) is 15.3 Å². The fourth-order valence-electron chi connectivity index (χ4n) is 2.18. The van der Waals surface area contributed by atoms with Gasteiger partial charge in [-0.15, -0.1) is 0 Å². The van der Waals surface area contributed by atoms with Gasteiger partial charge in [0.05, 0.1) is 17.0 Å². The van der Waals surface area contributed by atoms with Crippen LogP contribution in [-0.2, 0) is 6.61 Å². The van der Waals surface area contributed by atoms with Crippen molar-refractivity contribution in [2.75, 3.05) is 13.1 Å². The largest absolute Gasteiger partial charge is 0.472 e. The molecule has 0 fully saturated rings. The first-order chi connectivity index (χ1) is 10.7. The van der Waals surface area contributed by atoms with Crippen molar-refractivity contribution in [1.82, 2.24) is 10.3 Å². The Morgan fingerprint density at radius 1 is 1.32 bits per heavy atom. The Morgan fingerprint density at radius 3 is 3.00 bits per heavy atom. The number of pyridine rings is 1. The molecule has 112 valence electrons. The highest BCUT2D eigenvalue weighted by Crippen LogP contribution is 2.19. The third-order valence-electron chi connectivity index (χ3n) is 3.20. The van der Waals surface area contributed by atoms with Gasteiger partial charge in [-0.1, -0.05) is 12.1 Å². The van der Waals surface area contributed by atoms with Crippen LogP contribution in [0.1, 0.15) is 11.1 Å². The standard InChI is InChI=1S/C15H14N4O3/c20-19(21)12-4-1-3-11(9-12)10-22-15-13(5-2-6-18-15)14-16-7-8-17-14/h1-6,9H,7-8,10H2,(H,16,17). The molecule has 1 aromatic carbocycles. The molecule has 22 heavy (non-hydrogen) atoms. The van der Waals surface area contributed by atoms with Gasteiger partial charge in [-0.05, 0) is 17.7 Å². The van der Waals surface area contributed by atoms with E-state index in [4.69, 9.17) is 4.74 Å². The van der Waals surface area contributed by atoms with Gasteiger partial charge in [-0.25, -0.2) is 4.98 Å². The zero-order valence-electron chi connectivity index (χ0n) is 11.7. The van der Waals surface area contributed by atoms with E-state index in [1.165, 1.54) is 12.1 Å². The molecule has 1 aromatic heterocycles. The number of nitrogens with zero attached hydrogens (tertiary/aromatic N) is 3. The Balaban J connectivity index is 1.77. The van der Waals surface area contributed by atoms with Gasteiger partial charge in [0.25, 0.3) is 5.69 Å². The van der Waals surface area contributed by atoms with E-state index >= 15 is 0 Å². The van der Waals surface area contributed by atoms with Crippen LogP contribution in [0.3, 0.4) is 0 Å². The topological polar surface area (TPSA) is 89.7 Å². The molecular formula is C15H14N4O3. The molecule has 0 saturated carbocycles. The molecule has 0 radical (unpaired) electrons. The monoisotopic (exact) mass is 298 g/mol. The summed E-state index contributed by atoms with van der Waals surface area (Å²) in [6, 6.07) is 10.1. The molecule has 0 amide bonds. The second kappa shape index (κ2) is 6.21. The lowest BCUT2D eigenvalue weighted by molar-refractivity contribution is -0.384. The number of nitrogens with one attached hydrogen (secondary N) is 1. The molecule has 0 atom stereocenters. The summed E-state index contributed by atoms with van der Waals surface area (Å²) in [5.74, 6) is 1.23. The van der Waals surface area contributed by atoms with Crippen molar-refractivity contribution in [3.63, 3.8) is 0 Å². The minimum Gasteiger partial charge on any atom is -0.472 e. The van der Waals surface area contributed by atoms with E-state index in [9.17, 15) is 10.1 Å². The molecule has 0 saturated heterocycles. The van der Waals surface area contributed by atoms with Crippen molar-refractivity contribution < 1.29 is 9.66 Å². The van der Waals surface area contributed by atoms with Crippen LogP contribution < -0.4 is 10.1 Å². The summed E-state index contributed by atoms with van der Waals surface area (Å²) in [6.45, 7) is 1.74. The predicted octanol–water partition coefficient (Wildman–Crippen LogP) is 1.92. The minimum absolute atomic E-state index is 0.0455. The van der Waals surface area contributed by atoms with Crippen LogP contribution in [0.2, 0.25) is 0 Å². The molecule has 7 nitrogen and oxygen atoms in total. The normalized spacial score (nSPS) is 13.4. The zero-order valence-corrected chi connectivity index (χ0v) is 11.7. The van der Waals surface area contributed by atoms with Crippen molar-refractivity contribution in [3.8, 4) is 5.88 Å². The molecule has 0 spiro atoms. The van der Waals surface area contributed by atoms with E-state index < -0.39 is 4.92 Å². The summed E-state index contributed by atoms with van der Waals surface area (Å²) in [6.07, 6.45) is 1.64. The first-order valence-corrected chi connectivity index (χ1v) is 6.84. The van der Waals surface area contributed by atoms with E-state index in [0.29, 0.717) is 11.4 Å². The maximum Gasteiger partial charge on any atom is 0.269 e. The van der Waals surface area contributed by atoms with Gasteiger partial charge < -0.3 is 10.1 Å². The lowest BCUT2D eigenvalue weighted by Crippen LogP contribution is -2.20. The Labute approximate surface area is 126 Å². The van der Waals surface area contributed by atoms with Crippen molar-refractivity contribution in [2.24, 2.45) is 4.99 Å². The number of aliphatic imine (C=N–C) groups is 1. The molecular weight excluding hydrogens is 284 g/mol. The Kier molecular flexibility index (Phi) is 3.95. The van der Waals surface area contributed by atoms with Gasteiger partial charge in [0, 0.05) is 24.9 Å². The van der Waals surface area contributed by atoms with Crippen molar-refractivity contribution in [2.45, 2.75) is 6.61 Å². The first-order valence-electron chi connectivity index (χ1n) is 6.84. The van der Waals surface area contributed by atoms with Crippen molar-refractivity contribution in [1.29, 1.82) is 0 Å². The molecule has 1 aliphatic rings. The van der Waals surface area contributed by atoms with Crippen molar-refractivity contribution in [3.05, 3.63) is 63.8 Å². The van der Waals surface area contributed by atoms with Gasteiger partial charge in [-0.3, -0.25) is 15.1 Å². The number of hydrogen-bond donors (Lipinski definition) is 1. The minimum atomic E-state index is -0.424. The molecule has 0 aliphatic carbocycles. The van der Waals surface area contributed by atoms with Crippen LogP contribution >= 0.6 is 0 Å². The summed E-state index contributed by atoms with van der Waals surface area (Å²) >= 11 is 0. The summed E-state index contributed by atoms with van der Waals surface area (Å²) in [4.78, 5) is 18.9. The number of nitro benzene ring substituents is 1. The molecule has 2 heterocycles. The van der Waals surface area contributed by atoms with Crippen LogP contribution in [0.15, 0.2) is 47.6 Å². The van der Waals surface area contributed by atoms with E-state index in [1.807, 2.05) is 12.1 Å². The fourth-order valence-corrected chi connectivity index (χ4v) is 2.18. The second-order valence-electron chi connectivity index (χ2n) is 4.73. The average Bonchev–Trinajstić information content (AvgIpc) is 3.08. The van der Waals surface area contributed by atoms with Gasteiger partial charge in [-0.2, -0.15) is 0 Å². The van der Waals surface area contributed by atoms with Crippen LogP contribution in [0.25, 0.3) is 0 Å².